The Hall–Kier alpha value is -5.75. The predicted molar refractivity (Wildman–Crippen MR) is 160 cm³/mol. The van der Waals surface area contributed by atoms with E-state index in [1.165, 1.54) is 0 Å². The molecule has 4 heterocycles. The quantitative estimate of drug-likeness (QED) is 0.312. The summed E-state index contributed by atoms with van der Waals surface area (Å²) in [6.45, 7) is 3.63. The van der Waals surface area contributed by atoms with E-state index in [9.17, 15) is 9.59 Å². The number of ether oxygens (including phenoxy) is 1. The summed E-state index contributed by atoms with van der Waals surface area (Å²) >= 11 is 0. The van der Waals surface area contributed by atoms with E-state index >= 15 is 0 Å². The lowest BCUT2D eigenvalue weighted by atomic mass is 10.0. The number of para-hydroxylation sites is 1. The molecular formula is C33H26N6O3. The number of hydrogen-bond donors (Lipinski definition) is 1. The van der Waals surface area contributed by atoms with Crippen molar-refractivity contribution in [3.8, 4) is 23.4 Å². The molecule has 6 aromatic rings. The molecule has 4 aromatic heterocycles. The van der Waals surface area contributed by atoms with Gasteiger partial charge in [0.15, 0.2) is 5.65 Å². The topological polar surface area (TPSA) is 103 Å². The normalized spacial score (nSPS) is 11.6. The minimum Gasteiger partial charge on any atom is -0.481 e. The highest BCUT2D eigenvalue weighted by Gasteiger charge is 2.23. The van der Waals surface area contributed by atoms with Gasteiger partial charge in [-0.15, -0.1) is 0 Å². The Morgan fingerprint density at radius 3 is 2.62 bits per heavy atom. The first-order valence-electron chi connectivity index (χ1n) is 13.3. The van der Waals surface area contributed by atoms with Gasteiger partial charge in [0.1, 0.15) is 5.56 Å². The second kappa shape index (κ2) is 11.0. The van der Waals surface area contributed by atoms with Crippen molar-refractivity contribution in [2.75, 3.05) is 7.11 Å². The summed E-state index contributed by atoms with van der Waals surface area (Å²) in [5.41, 5.74) is 3.79. The van der Waals surface area contributed by atoms with Crippen molar-refractivity contribution < 1.29 is 9.53 Å². The first-order chi connectivity index (χ1) is 20.4. The van der Waals surface area contributed by atoms with Crippen molar-refractivity contribution in [2.45, 2.75) is 19.9 Å². The third-order valence-corrected chi connectivity index (χ3v) is 6.96. The van der Waals surface area contributed by atoms with Crippen LogP contribution in [0, 0.1) is 18.8 Å². The molecule has 1 N–H and O–H groups in total. The van der Waals surface area contributed by atoms with Crippen LogP contribution in [0.5, 0.6) is 5.88 Å². The van der Waals surface area contributed by atoms with Crippen LogP contribution in [0.15, 0.2) is 96.2 Å². The predicted octanol–water partition coefficient (Wildman–Crippen LogP) is 4.64. The van der Waals surface area contributed by atoms with E-state index in [1.807, 2.05) is 61.5 Å². The Labute approximate surface area is 241 Å². The molecule has 1 atom stereocenters. The van der Waals surface area contributed by atoms with Crippen LogP contribution in [0.25, 0.3) is 22.1 Å². The Balaban J connectivity index is 1.47. The molecule has 206 valence electrons. The number of benzene rings is 2. The molecule has 0 spiro atoms. The van der Waals surface area contributed by atoms with E-state index in [4.69, 9.17) is 4.74 Å². The molecule has 0 aliphatic rings. The third-order valence-electron chi connectivity index (χ3n) is 6.96. The van der Waals surface area contributed by atoms with Crippen molar-refractivity contribution in [1.82, 2.24) is 29.5 Å². The Morgan fingerprint density at radius 2 is 1.81 bits per heavy atom. The van der Waals surface area contributed by atoms with Crippen LogP contribution in [0.3, 0.4) is 0 Å². The molecular weight excluding hydrogens is 528 g/mol. The molecule has 9 nitrogen and oxygen atoms in total. The molecule has 1 amide bonds. The fourth-order valence-corrected chi connectivity index (χ4v) is 4.99. The molecule has 1 unspecified atom stereocenters. The molecule has 0 aliphatic heterocycles. The number of aryl methyl sites for hydroxylation is 1. The van der Waals surface area contributed by atoms with Gasteiger partial charge in [-0.05, 0) is 55.6 Å². The minimum absolute atomic E-state index is 0.235. The summed E-state index contributed by atoms with van der Waals surface area (Å²) in [6.07, 6.45) is 5.00. The van der Waals surface area contributed by atoms with E-state index in [0.717, 1.165) is 5.39 Å². The highest BCUT2D eigenvalue weighted by molar-refractivity contribution is 6.01. The monoisotopic (exact) mass is 554 g/mol. The fourth-order valence-electron chi connectivity index (χ4n) is 4.99. The van der Waals surface area contributed by atoms with Gasteiger partial charge in [-0.1, -0.05) is 42.2 Å². The number of nitrogens with zero attached hydrogens (tertiary/aromatic N) is 5. The second-order valence-corrected chi connectivity index (χ2v) is 9.70. The molecule has 0 radical (unpaired) electrons. The van der Waals surface area contributed by atoms with Gasteiger partial charge in [0, 0.05) is 47.2 Å². The summed E-state index contributed by atoms with van der Waals surface area (Å²) in [4.78, 5) is 36.2. The SMILES string of the molecule is COc1cc(C#Cc2cccc3cc(C(C)NC(=O)c4c(C)nn5cccnc45)n(-c4ccccc4)c(=O)c23)ccn1. The Morgan fingerprint density at radius 1 is 0.976 bits per heavy atom. The van der Waals surface area contributed by atoms with Gasteiger partial charge in [-0.25, -0.2) is 14.5 Å². The van der Waals surface area contributed by atoms with E-state index in [2.05, 4.69) is 32.2 Å². The smallest absolute Gasteiger partial charge is 0.264 e. The summed E-state index contributed by atoms with van der Waals surface area (Å²) in [7, 11) is 1.55. The van der Waals surface area contributed by atoms with Crippen LogP contribution in [-0.4, -0.2) is 37.2 Å². The largest absolute Gasteiger partial charge is 0.481 e. The summed E-state index contributed by atoms with van der Waals surface area (Å²) in [6, 6.07) is 21.6. The zero-order valence-corrected chi connectivity index (χ0v) is 23.2. The van der Waals surface area contributed by atoms with Crippen molar-refractivity contribution >= 4 is 22.3 Å². The van der Waals surface area contributed by atoms with E-state index in [-0.39, 0.29) is 11.5 Å². The maximum absolute atomic E-state index is 14.3. The van der Waals surface area contributed by atoms with Crippen molar-refractivity contribution in [3.05, 3.63) is 130 Å². The molecule has 0 bridgehead atoms. The zero-order valence-electron chi connectivity index (χ0n) is 23.2. The molecule has 42 heavy (non-hydrogen) atoms. The van der Waals surface area contributed by atoms with Crippen LogP contribution >= 0.6 is 0 Å². The number of aromatic nitrogens is 5. The molecule has 0 saturated carbocycles. The van der Waals surface area contributed by atoms with Gasteiger partial charge in [-0.3, -0.25) is 14.2 Å². The number of hydrogen-bond acceptors (Lipinski definition) is 6. The van der Waals surface area contributed by atoms with E-state index in [0.29, 0.717) is 50.7 Å². The van der Waals surface area contributed by atoms with Gasteiger partial charge in [0.05, 0.1) is 24.2 Å². The van der Waals surface area contributed by atoms with Crippen molar-refractivity contribution in [1.29, 1.82) is 0 Å². The molecule has 0 fully saturated rings. The first-order valence-corrected chi connectivity index (χ1v) is 13.3. The summed E-state index contributed by atoms with van der Waals surface area (Å²) in [5.74, 6) is 6.42. The van der Waals surface area contributed by atoms with Gasteiger partial charge >= 0.3 is 0 Å². The number of carbonyl (C=O) groups is 1. The van der Waals surface area contributed by atoms with E-state index in [1.54, 1.807) is 59.9 Å². The fraction of sp³-hybridized carbons (Fsp3) is 0.121. The van der Waals surface area contributed by atoms with Crippen LogP contribution in [0.4, 0.5) is 0 Å². The lowest BCUT2D eigenvalue weighted by Crippen LogP contribution is -2.32. The lowest BCUT2D eigenvalue weighted by molar-refractivity contribution is 0.0939. The second-order valence-electron chi connectivity index (χ2n) is 9.70. The molecule has 0 saturated heterocycles. The van der Waals surface area contributed by atoms with Crippen LogP contribution in [0.2, 0.25) is 0 Å². The number of methoxy groups -OCH3 is 1. The number of fused-ring (bicyclic) bond motifs is 2. The number of nitrogens with one attached hydrogen (secondary N) is 1. The summed E-state index contributed by atoms with van der Waals surface area (Å²) < 4.78 is 8.42. The van der Waals surface area contributed by atoms with E-state index < -0.39 is 6.04 Å². The summed E-state index contributed by atoms with van der Waals surface area (Å²) in [5, 5.41) is 8.68. The average molecular weight is 555 g/mol. The molecule has 2 aromatic carbocycles. The average Bonchev–Trinajstić information content (AvgIpc) is 3.36. The maximum atomic E-state index is 14.3. The Bertz CT molecular complexity index is 2090. The van der Waals surface area contributed by atoms with Gasteiger partial charge in [0.2, 0.25) is 5.88 Å². The number of amides is 1. The molecule has 6 rings (SSSR count). The number of carbonyl (C=O) groups excluding carboxylic acids is 1. The number of pyridine rings is 2. The lowest BCUT2D eigenvalue weighted by Gasteiger charge is -2.21. The van der Waals surface area contributed by atoms with Crippen molar-refractivity contribution in [2.24, 2.45) is 0 Å². The van der Waals surface area contributed by atoms with Crippen LogP contribution < -0.4 is 15.6 Å². The molecule has 9 heteroatoms. The highest BCUT2D eigenvalue weighted by atomic mass is 16.5. The Kier molecular flexibility index (Phi) is 6.95. The number of rotatable bonds is 5. The highest BCUT2D eigenvalue weighted by Crippen LogP contribution is 2.24. The standard InChI is InChI=1S/C33H26N6O3/c1-21(36-32(40)29-22(2)37-38-18-8-16-35-31(29)38)27-20-25-10-7-9-24(14-13-23-15-17-34-28(19-23)42-3)30(25)33(41)39(27)26-11-5-4-6-12-26/h4-12,15-21H,1-3H3,(H,36,40). The van der Waals surface area contributed by atoms with Crippen LogP contribution in [0.1, 0.15) is 45.8 Å². The van der Waals surface area contributed by atoms with Gasteiger partial charge in [-0.2, -0.15) is 5.10 Å². The zero-order chi connectivity index (χ0) is 29.2. The van der Waals surface area contributed by atoms with Crippen molar-refractivity contribution in [3.63, 3.8) is 0 Å². The van der Waals surface area contributed by atoms with Gasteiger partial charge < -0.3 is 10.1 Å². The van der Waals surface area contributed by atoms with Gasteiger partial charge in [0.25, 0.3) is 11.5 Å². The molecule has 0 aliphatic carbocycles. The maximum Gasteiger partial charge on any atom is 0.264 e. The first kappa shape index (κ1) is 26.5. The minimum atomic E-state index is -0.535. The van der Waals surface area contributed by atoms with Crippen LogP contribution in [-0.2, 0) is 0 Å². The third kappa shape index (κ3) is 4.86.